The van der Waals surface area contributed by atoms with Crippen LogP contribution < -0.4 is 10.6 Å². The number of amides is 1. The van der Waals surface area contributed by atoms with Gasteiger partial charge in [0.2, 0.25) is 5.91 Å². The summed E-state index contributed by atoms with van der Waals surface area (Å²) in [6.45, 7) is 3.65. The molecular formula is C14H18N2O3. The molecule has 0 atom stereocenters. The van der Waals surface area contributed by atoms with Crippen LogP contribution in [0.3, 0.4) is 0 Å². The lowest BCUT2D eigenvalue weighted by atomic mass is 9.99. The number of hydrogen-bond donors (Lipinski definition) is 2. The van der Waals surface area contributed by atoms with Crippen LogP contribution in [0.25, 0.3) is 0 Å². The summed E-state index contributed by atoms with van der Waals surface area (Å²) in [7, 11) is 1.33. The van der Waals surface area contributed by atoms with Crippen LogP contribution in [0.1, 0.15) is 22.3 Å². The third kappa shape index (κ3) is 3.32. The second-order valence-corrected chi connectivity index (χ2v) is 4.82. The topological polar surface area (TPSA) is 67.4 Å². The summed E-state index contributed by atoms with van der Waals surface area (Å²) in [6.07, 6.45) is 0.474. The molecule has 0 aliphatic carbocycles. The van der Waals surface area contributed by atoms with Gasteiger partial charge in [0.1, 0.15) is 0 Å². The van der Waals surface area contributed by atoms with Crippen LogP contribution in [0, 0.1) is 12.8 Å². The molecule has 5 heteroatoms. The van der Waals surface area contributed by atoms with Crippen molar-refractivity contribution in [1.29, 1.82) is 0 Å². The summed E-state index contributed by atoms with van der Waals surface area (Å²) < 4.78 is 4.73. The minimum Gasteiger partial charge on any atom is -0.465 e. The van der Waals surface area contributed by atoms with Crippen molar-refractivity contribution in [2.45, 2.75) is 13.3 Å². The summed E-state index contributed by atoms with van der Waals surface area (Å²) in [5.74, 6) is -0.114. The van der Waals surface area contributed by atoms with Crippen LogP contribution in [0.2, 0.25) is 0 Å². The highest BCUT2D eigenvalue weighted by Gasteiger charge is 2.21. The summed E-state index contributed by atoms with van der Waals surface area (Å²) in [4.78, 5) is 23.5. The molecule has 1 fully saturated rings. The highest BCUT2D eigenvalue weighted by molar-refractivity contribution is 6.01. The minimum absolute atomic E-state index is 0.0690. The Morgan fingerprint density at radius 1 is 1.42 bits per heavy atom. The highest BCUT2D eigenvalue weighted by Crippen LogP contribution is 2.19. The quantitative estimate of drug-likeness (QED) is 0.803. The van der Waals surface area contributed by atoms with Crippen LogP contribution in [-0.4, -0.2) is 32.1 Å². The van der Waals surface area contributed by atoms with Gasteiger partial charge < -0.3 is 15.4 Å². The molecule has 1 aliphatic heterocycles. The van der Waals surface area contributed by atoms with Gasteiger partial charge in [-0.05, 0) is 38.1 Å². The lowest BCUT2D eigenvalue weighted by Crippen LogP contribution is -2.43. The van der Waals surface area contributed by atoms with Gasteiger partial charge in [-0.2, -0.15) is 0 Å². The van der Waals surface area contributed by atoms with Crippen molar-refractivity contribution in [2.75, 3.05) is 25.5 Å². The summed E-state index contributed by atoms with van der Waals surface area (Å²) >= 11 is 0. The fourth-order valence-electron chi connectivity index (χ4n) is 2.00. The summed E-state index contributed by atoms with van der Waals surface area (Å²) in [6, 6.07) is 5.30. The number of aryl methyl sites for hydroxylation is 1. The van der Waals surface area contributed by atoms with E-state index in [2.05, 4.69) is 10.6 Å². The molecule has 0 bridgehead atoms. The Morgan fingerprint density at radius 3 is 2.74 bits per heavy atom. The summed E-state index contributed by atoms with van der Waals surface area (Å²) in [5.41, 5.74) is 1.85. The van der Waals surface area contributed by atoms with Gasteiger partial charge in [-0.15, -0.1) is 0 Å². The number of hydrogen-bond acceptors (Lipinski definition) is 4. The molecular weight excluding hydrogens is 244 g/mol. The number of rotatable bonds is 4. The molecule has 1 aromatic carbocycles. The molecule has 1 saturated heterocycles. The lowest BCUT2D eigenvalue weighted by Gasteiger charge is -2.26. The standard InChI is InChI=1S/C14H18N2O3/c1-9-3-4-12(11(5-9)14(18)19-2)16-13(17)6-10-7-15-8-10/h3-5,10,15H,6-8H2,1-2H3,(H,16,17). The Kier molecular flexibility index (Phi) is 4.16. The predicted octanol–water partition coefficient (Wildman–Crippen LogP) is 1.33. The van der Waals surface area contributed by atoms with Gasteiger partial charge in [-0.1, -0.05) is 11.6 Å². The largest absolute Gasteiger partial charge is 0.465 e. The van der Waals surface area contributed by atoms with Gasteiger partial charge in [-0.3, -0.25) is 4.79 Å². The summed E-state index contributed by atoms with van der Waals surface area (Å²) in [5, 5.41) is 5.91. The molecule has 2 rings (SSSR count). The third-order valence-electron chi connectivity index (χ3n) is 3.19. The third-order valence-corrected chi connectivity index (χ3v) is 3.19. The van der Waals surface area contributed by atoms with Gasteiger partial charge in [-0.25, -0.2) is 4.79 Å². The molecule has 0 radical (unpaired) electrons. The SMILES string of the molecule is COC(=O)c1cc(C)ccc1NC(=O)CC1CNC1. The van der Waals surface area contributed by atoms with Crippen LogP contribution in [-0.2, 0) is 9.53 Å². The highest BCUT2D eigenvalue weighted by atomic mass is 16.5. The van der Waals surface area contributed by atoms with E-state index in [-0.39, 0.29) is 5.91 Å². The Balaban J connectivity index is 2.09. The van der Waals surface area contributed by atoms with E-state index in [1.807, 2.05) is 13.0 Å². The predicted molar refractivity (Wildman–Crippen MR) is 72.1 cm³/mol. The van der Waals surface area contributed by atoms with E-state index in [1.165, 1.54) is 7.11 Å². The van der Waals surface area contributed by atoms with Crippen molar-refractivity contribution in [3.05, 3.63) is 29.3 Å². The van der Waals surface area contributed by atoms with Crippen molar-refractivity contribution >= 4 is 17.6 Å². The van der Waals surface area contributed by atoms with E-state index in [0.717, 1.165) is 18.7 Å². The van der Waals surface area contributed by atoms with Gasteiger partial charge in [0, 0.05) is 6.42 Å². The maximum atomic E-state index is 11.9. The Morgan fingerprint density at radius 2 is 2.16 bits per heavy atom. The first kappa shape index (κ1) is 13.5. The second kappa shape index (κ2) is 5.84. The van der Waals surface area contributed by atoms with Crippen LogP contribution >= 0.6 is 0 Å². The van der Waals surface area contributed by atoms with Gasteiger partial charge in [0.25, 0.3) is 0 Å². The number of esters is 1. The van der Waals surface area contributed by atoms with Crippen molar-refractivity contribution in [3.63, 3.8) is 0 Å². The van der Waals surface area contributed by atoms with Gasteiger partial charge in [0.05, 0.1) is 18.4 Å². The first-order valence-corrected chi connectivity index (χ1v) is 6.29. The molecule has 1 amide bonds. The molecule has 1 heterocycles. The van der Waals surface area contributed by atoms with Crippen LogP contribution in [0.4, 0.5) is 5.69 Å². The normalized spacial score (nSPS) is 14.6. The Hall–Kier alpha value is -1.88. The first-order chi connectivity index (χ1) is 9.10. The van der Waals surface area contributed by atoms with E-state index in [1.54, 1.807) is 12.1 Å². The van der Waals surface area contributed by atoms with Crippen molar-refractivity contribution in [3.8, 4) is 0 Å². The fourth-order valence-corrected chi connectivity index (χ4v) is 2.00. The van der Waals surface area contributed by atoms with Gasteiger partial charge in [0.15, 0.2) is 0 Å². The number of benzene rings is 1. The maximum Gasteiger partial charge on any atom is 0.339 e. The fraction of sp³-hybridized carbons (Fsp3) is 0.429. The van der Waals surface area contributed by atoms with Crippen molar-refractivity contribution < 1.29 is 14.3 Å². The van der Waals surface area contributed by atoms with E-state index in [0.29, 0.717) is 23.6 Å². The van der Waals surface area contributed by atoms with E-state index in [4.69, 9.17) is 4.74 Å². The molecule has 102 valence electrons. The Labute approximate surface area is 112 Å². The van der Waals surface area contributed by atoms with Crippen LogP contribution in [0.15, 0.2) is 18.2 Å². The number of anilines is 1. The number of nitrogens with one attached hydrogen (secondary N) is 2. The zero-order chi connectivity index (χ0) is 13.8. The second-order valence-electron chi connectivity index (χ2n) is 4.82. The molecule has 0 unspecified atom stereocenters. The number of carbonyl (C=O) groups is 2. The van der Waals surface area contributed by atoms with Crippen LogP contribution in [0.5, 0.6) is 0 Å². The molecule has 19 heavy (non-hydrogen) atoms. The molecule has 0 spiro atoms. The van der Waals surface area contributed by atoms with E-state index in [9.17, 15) is 9.59 Å². The molecule has 1 aromatic rings. The molecule has 0 saturated carbocycles. The van der Waals surface area contributed by atoms with E-state index >= 15 is 0 Å². The minimum atomic E-state index is -0.440. The molecule has 2 N–H and O–H groups in total. The van der Waals surface area contributed by atoms with E-state index < -0.39 is 5.97 Å². The smallest absolute Gasteiger partial charge is 0.339 e. The number of ether oxygens (including phenoxy) is 1. The van der Waals surface area contributed by atoms with Gasteiger partial charge >= 0.3 is 5.97 Å². The average Bonchev–Trinajstić information content (AvgIpc) is 2.35. The lowest BCUT2D eigenvalue weighted by molar-refractivity contribution is -0.117. The zero-order valence-corrected chi connectivity index (χ0v) is 11.2. The zero-order valence-electron chi connectivity index (χ0n) is 11.2. The molecule has 1 aliphatic rings. The Bertz CT molecular complexity index is 495. The first-order valence-electron chi connectivity index (χ1n) is 6.29. The maximum absolute atomic E-state index is 11.9. The number of methoxy groups -OCH3 is 1. The molecule has 0 aromatic heterocycles. The molecule has 5 nitrogen and oxygen atoms in total. The monoisotopic (exact) mass is 262 g/mol. The average molecular weight is 262 g/mol. The van der Waals surface area contributed by atoms with Crippen molar-refractivity contribution in [1.82, 2.24) is 5.32 Å². The van der Waals surface area contributed by atoms with Crippen molar-refractivity contribution in [2.24, 2.45) is 5.92 Å². The number of carbonyl (C=O) groups excluding carboxylic acids is 2.